The molecule has 0 radical (unpaired) electrons. The third kappa shape index (κ3) is 4.05. The number of aliphatic hydroxyl groups excluding tert-OH is 1. The summed E-state index contributed by atoms with van der Waals surface area (Å²) in [5.41, 5.74) is 2.86. The summed E-state index contributed by atoms with van der Waals surface area (Å²) in [4.78, 5) is 0. The molecule has 0 saturated carbocycles. The summed E-state index contributed by atoms with van der Waals surface area (Å²) >= 11 is 5.66. The van der Waals surface area contributed by atoms with Gasteiger partial charge in [-0.15, -0.1) is 0 Å². The van der Waals surface area contributed by atoms with Gasteiger partial charge in [0.2, 0.25) is 0 Å². The Hall–Kier alpha value is -1.38. The van der Waals surface area contributed by atoms with E-state index in [0.717, 1.165) is 11.1 Å². The zero-order valence-corrected chi connectivity index (χ0v) is 13.3. The molecule has 0 saturated heterocycles. The Kier molecular flexibility index (Phi) is 4.70. The van der Waals surface area contributed by atoms with Crippen molar-refractivity contribution in [1.29, 1.82) is 0 Å². The number of hydrogen-bond acceptors (Lipinski definition) is 1. The summed E-state index contributed by atoms with van der Waals surface area (Å²) in [6.45, 7) is 6.44. The molecular formula is C18H20ClFO. The molecule has 1 nitrogen and oxygen atoms in total. The van der Waals surface area contributed by atoms with Gasteiger partial charge in [0.15, 0.2) is 0 Å². The summed E-state index contributed by atoms with van der Waals surface area (Å²) in [5.74, 6) is -0.454. The van der Waals surface area contributed by atoms with E-state index >= 15 is 0 Å². The molecule has 0 aromatic heterocycles. The average Bonchev–Trinajstić information content (AvgIpc) is 2.42. The van der Waals surface area contributed by atoms with Crippen molar-refractivity contribution in [2.75, 3.05) is 0 Å². The van der Waals surface area contributed by atoms with E-state index in [1.807, 2.05) is 24.3 Å². The summed E-state index contributed by atoms with van der Waals surface area (Å²) < 4.78 is 13.4. The van der Waals surface area contributed by atoms with Gasteiger partial charge in [0, 0.05) is 6.42 Å². The van der Waals surface area contributed by atoms with Crippen molar-refractivity contribution in [2.45, 2.75) is 38.7 Å². The molecule has 1 N–H and O–H groups in total. The Morgan fingerprint density at radius 2 is 1.71 bits per heavy atom. The molecule has 0 heterocycles. The van der Waals surface area contributed by atoms with Crippen molar-refractivity contribution in [3.8, 4) is 0 Å². The quantitative estimate of drug-likeness (QED) is 0.841. The van der Waals surface area contributed by atoms with E-state index in [4.69, 9.17) is 11.6 Å². The molecule has 2 aromatic carbocycles. The molecular weight excluding hydrogens is 287 g/mol. The predicted octanol–water partition coefficient (Wildman–Crippen LogP) is 5.05. The first-order valence-corrected chi connectivity index (χ1v) is 7.37. The van der Waals surface area contributed by atoms with E-state index in [-0.39, 0.29) is 10.4 Å². The van der Waals surface area contributed by atoms with Crippen molar-refractivity contribution in [3.63, 3.8) is 0 Å². The van der Waals surface area contributed by atoms with Crippen molar-refractivity contribution >= 4 is 11.6 Å². The number of benzene rings is 2. The minimum Gasteiger partial charge on any atom is -0.388 e. The highest BCUT2D eigenvalue weighted by molar-refractivity contribution is 6.30. The van der Waals surface area contributed by atoms with Gasteiger partial charge in [-0.2, -0.15) is 0 Å². The van der Waals surface area contributed by atoms with Gasteiger partial charge in [0.1, 0.15) is 5.82 Å². The Morgan fingerprint density at radius 3 is 2.24 bits per heavy atom. The molecule has 2 aromatic rings. The van der Waals surface area contributed by atoms with Crippen molar-refractivity contribution in [2.24, 2.45) is 0 Å². The average molecular weight is 307 g/mol. The lowest BCUT2D eigenvalue weighted by molar-refractivity contribution is 0.178. The molecule has 0 bridgehead atoms. The molecule has 0 aliphatic rings. The summed E-state index contributed by atoms with van der Waals surface area (Å²) in [7, 11) is 0. The standard InChI is InChI=1S/C18H20ClFO/c1-18(2,3)14-7-5-13(6-8-14)17(21)11-12-4-9-15(19)16(20)10-12/h4-10,17,21H,11H2,1-3H3. The molecule has 0 aliphatic carbocycles. The molecule has 1 unspecified atom stereocenters. The number of rotatable bonds is 3. The van der Waals surface area contributed by atoms with E-state index < -0.39 is 11.9 Å². The first-order chi connectivity index (χ1) is 9.77. The lowest BCUT2D eigenvalue weighted by atomic mass is 9.86. The number of hydrogen-bond donors (Lipinski definition) is 1. The van der Waals surface area contributed by atoms with Crippen LogP contribution in [-0.4, -0.2) is 5.11 Å². The summed E-state index contributed by atoms with van der Waals surface area (Å²) in [6.07, 6.45) is -0.289. The van der Waals surface area contributed by atoms with Gasteiger partial charge in [-0.1, -0.05) is 62.7 Å². The Bertz CT molecular complexity index is 614. The fraction of sp³-hybridized carbons (Fsp3) is 0.333. The maximum atomic E-state index is 13.4. The summed E-state index contributed by atoms with van der Waals surface area (Å²) in [5, 5.41) is 10.4. The zero-order chi connectivity index (χ0) is 15.6. The molecule has 21 heavy (non-hydrogen) atoms. The van der Waals surface area contributed by atoms with Crippen LogP contribution in [-0.2, 0) is 11.8 Å². The maximum absolute atomic E-state index is 13.4. The Morgan fingerprint density at radius 1 is 1.10 bits per heavy atom. The van der Waals surface area contributed by atoms with Crippen molar-refractivity contribution in [1.82, 2.24) is 0 Å². The zero-order valence-electron chi connectivity index (χ0n) is 12.5. The largest absolute Gasteiger partial charge is 0.388 e. The van der Waals surface area contributed by atoms with Gasteiger partial charge in [0.05, 0.1) is 11.1 Å². The van der Waals surface area contributed by atoms with Crippen LogP contribution in [0, 0.1) is 5.82 Å². The molecule has 1 atom stereocenters. The third-order valence-corrected chi connectivity index (χ3v) is 3.88. The van der Waals surface area contributed by atoms with Gasteiger partial charge in [0.25, 0.3) is 0 Å². The maximum Gasteiger partial charge on any atom is 0.142 e. The minimum absolute atomic E-state index is 0.0861. The second-order valence-electron chi connectivity index (χ2n) is 6.34. The van der Waals surface area contributed by atoms with Gasteiger partial charge >= 0.3 is 0 Å². The fourth-order valence-corrected chi connectivity index (χ4v) is 2.33. The highest BCUT2D eigenvalue weighted by atomic mass is 35.5. The van der Waals surface area contributed by atoms with Gasteiger partial charge in [-0.05, 0) is 34.2 Å². The van der Waals surface area contributed by atoms with Crippen molar-refractivity contribution < 1.29 is 9.50 Å². The van der Waals surface area contributed by atoms with E-state index in [1.165, 1.54) is 17.7 Å². The first-order valence-electron chi connectivity index (χ1n) is 7.00. The van der Waals surface area contributed by atoms with E-state index in [1.54, 1.807) is 6.07 Å². The van der Waals surface area contributed by atoms with Crippen LogP contribution in [0.3, 0.4) is 0 Å². The van der Waals surface area contributed by atoms with E-state index in [9.17, 15) is 9.50 Å². The van der Waals surface area contributed by atoms with Crippen LogP contribution in [0.2, 0.25) is 5.02 Å². The normalized spacial score (nSPS) is 13.2. The highest BCUT2D eigenvalue weighted by Crippen LogP contribution is 2.26. The Balaban J connectivity index is 2.13. The van der Waals surface area contributed by atoms with Gasteiger partial charge < -0.3 is 5.11 Å². The van der Waals surface area contributed by atoms with Crippen LogP contribution < -0.4 is 0 Å². The first kappa shape index (κ1) is 16.0. The molecule has 0 amide bonds. The monoisotopic (exact) mass is 306 g/mol. The molecule has 0 aliphatic heterocycles. The third-order valence-electron chi connectivity index (χ3n) is 3.57. The van der Waals surface area contributed by atoms with Crippen molar-refractivity contribution in [3.05, 3.63) is 70.0 Å². The highest BCUT2D eigenvalue weighted by Gasteiger charge is 2.15. The number of halogens is 2. The predicted molar refractivity (Wildman–Crippen MR) is 85.2 cm³/mol. The van der Waals surface area contributed by atoms with Crippen LogP contribution >= 0.6 is 11.6 Å². The lowest BCUT2D eigenvalue weighted by Gasteiger charge is -2.20. The molecule has 0 fully saturated rings. The van der Waals surface area contributed by atoms with Crippen LogP contribution in [0.15, 0.2) is 42.5 Å². The topological polar surface area (TPSA) is 20.2 Å². The van der Waals surface area contributed by atoms with Crippen LogP contribution in [0.25, 0.3) is 0 Å². The smallest absolute Gasteiger partial charge is 0.142 e. The molecule has 112 valence electrons. The van der Waals surface area contributed by atoms with Crippen LogP contribution in [0.5, 0.6) is 0 Å². The Labute approximate surface area is 130 Å². The van der Waals surface area contributed by atoms with Gasteiger partial charge in [-0.3, -0.25) is 0 Å². The summed E-state index contributed by atoms with van der Waals surface area (Å²) in [6, 6.07) is 12.5. The lowest BCUT2D eigenvalue weighted by Crippen LogP contribution is -2.11. The van der Waals surface area contributed by atoms with E-state index in [0.29, 0.717) is 6.42 Å². The molecule has 0 spiro atoms. The molecule has 3 heteroatoms. The second kappa shape index (κ2) is 6.17. The fourth-order valence-electron chi connectivity index (χ4n) is 2.21. The SMILES string of the molecule is CC(C)(C)c1ccc(C(O)Cc2ccc(Cl)c(F)c2)cc1. The van der Waals surface area contributed by atoms with Gasteiger partial charge in [-0.25, -0.2) is 4.39 Å². The van der Waals surface area contributed by atoms with Crippen LogP contribution in [0.1, 0.15) is 43.6 Å². The minimum atomic E-state index is -0.653. The number of aliphatic hydroxyl groups is 1. The second-order valence-corrected chi connectivity index (χ2v) is 6.75. The van der Waals surface area contributed by atoms with Crippen LogP contribution in [0.4, 0.5) is 4.39 Å². The molecule has 2 rings (SSSR count). The van der Waals surface area contributed by atoms with E-state index in [2.05, 4.69) is 20.8 Å².